The number of nitriles is 1. The Morgan fingerprint density at radius 3 is 2.96 bits per heavy atom. The molecule has 0 saturated heterocycles. The summed E-state index contributed by atoms with van der Waals surface area (Å²) in [6, 6.07) is 9.61. The molecule has 0 fully saturated rings. The highest BCUT2D eigenvalue weighted by atomic mass is 32.1. The number of hydrogen-bond donors (Lipinski definition) is 0. The summed E-state index contributed by atoms with van der Waals surface area (Å²) in [5, 5.41) is 9.93. The van der Waals surface area contributed by atoms with Crippen molar-refractivity contribution >= 4 is 21.6 Å². The number of nitrogens with zero attached hydrogens (tertiary/aromatic N) is 3. The molecular weight excluding hydrogens is 330 g/mol. The molecule has 0 amide bonds. The highest BCUT2D eigenvalue weighted by molar-refractivity contribution is 7.18. The Morgan fingerprint density at radius 1 is 1.36 bits per heavy atom. The topological polar surface area (TPSA) is 58.7 Å². The Balaban J connectivity index is 1.92. The molecule has 4 rings (SSSR count). The van der Waals surface area contributed by atoms with Crippen LogP contribution < -0.4 is 5.56 Å². The number of aromatic nitrogens is 2. The van der Waals surface area contributed by atoms with Crippen molar-refractivity contribution in [3.63, 3.8) is 0 Å². The van der Waals surface area contributed by atoms with E-state index in [9.17, 15) is 4.79 Å². The first kappa shape index (κ1) is 16.0. The van der Waals surface area contributed by atoms with Gasteiger partial charge >= 0.3 is 0 Å². The summed E-state index contributed by atoms with van der Waals surface area (Å²) in [5.41, 5.74) is 2.85. The lowest BCUT2D eigenvalue weighted by atomic mass is 10.1. The number of benzene rings is 1. The van der Waals surface area contributed by atoms with Gasteiger partial charge in [-0.25, -0.2) is 4.98 Å². The zero-order valence-electron chi connectivity index (χ0n) is 14.4. The number of hydrogen-bond acceptors (Lipinski definition) is 4. The lowest BCUT2D eigenvalue weighted by Crippen LogP contribution is -2.26. The molecule has 0 radical (unpaired) electrons. The summed E-state index contributed by atoms with van der Waals surface area (Å²) < 4.78 is 1.80. The third-order valence-corrected chi connectivity index (χ3v) is 5.95. The quantitative estimate of drug-likeness (QED) is 0.718. The second kappa shape index (κ2) is 6.12. The van der Waals surface area contributed by atoms with Crippen LogP contribution in [-0.4, -0.2) is 9.55 Å². The van der Waals surface area contributed by atoms with Crippen LogP contribution in [0.4, 0.5) is 0 Å². The molecule has 1 aromatic carbocycles. The predicted molar refractivity (Wildman–Crippen MR) is 100 cm³/mol. The van der Waals surface area contributed by atoms with E-state index >= 15 is 0 Å². The van der Waals surface area contributed by atoms with Gasteiger partial charge in [0.15, 0.2) is 0 Å². The molecule has 0 spiro atoms. The van der Waals surface area contributed by atoms with Gasteiger partial charge in [-0.3, -0.25) is 9.36 Å². The summed E-state index contributed by atoms with van der Waals surface area (Å²) in [6.07, 6.45) is 3.18. The first-order valence-electron chi connectivity index (χ1n) is 8.62. The van der Waals surface area contributed by atoms with Crippen LogP contribution in [0.2, 0.25) is 0 Å². The third kappa shape index (κ3) is 2.67. The third-order valence-electron chi connectivity index (χ3n) is 4.77. The van der Waals surface area contributed by atoms with E-state index in [1.54, 1.807) is 22.0 Å². The lowest BCUT2D eigenvalue weighted by molar-refractivity contribution is 0.635. The van der Waals surface area contributed by atoms with Gasteiger partial charge in [0.1, 0.15) is 10.7 Å². The van der Waals surface area contributed by atoms with E-state index in [-0.39, 0.29) is 11.5 Å². The van der Waals surface area contributed by atoms with Crippen molar-refractivity contribution in [2.24, 2.45) is 0 Å². The van der Waals surface area contributed by atoms with Crippen LogP contribution in [0.3, 0.4) is 0 Å². The summed E-state index contributed by atoms with van der Waals surface area (Å²) in [4.78, 5) is 20.4. The summed E-state index contributed by atoms with van der Waals surface area (Å²) >= 11 is 1.69. The van der Waals surface area contributed by atoms with Crippen LogP contribution in [0.15, 0.2) is 29.1 Å². The van der Waals surface area contributed by atoms with E-state index < -0.39 is 0 Å². The van der Waals surface area contributed by atoms with E-state index in [1.165, 1.54) is 10.4 Å². The predicted octanol–water partition coefficient (Wildman–Crippen LogP) is 3.99. The van der Waals surface area contributed by atoms with Crippen molar-refractivity contribution < 1.29 is 0 Å². The van der Waals surface area contributed by atoms with Gasteiger partial charge in [-0.05, 0) is 42.5 Å². The molecule has 5 heteroatoms. The molecule has 2 heterocycles. The molecule has 1 aliphatic carbocycles. The smallest absolute Gasteiger partial charge is 0.262 e. The van der Waals surface area contributed by atoms with Gasteiger partial charge in [-0.15, -0.1) is 11.3 Å². The molecule has 0 saturated carbocycles. The van der Waals surface area contributed by atoms with Crippen molar-refractivity contribution in [2.75, 3.05) is 0 Å². The van der Waals surface area contributed by atoms with Gasteiger partial charge in [-0.2, -0.15) is 5.26 Å². The minimum atomic E-state index is 0.0652. The fourth-order valence-electron chi connectivity index (χ4n) is 3.61. The summed E-state index contributed by atoms with van der Waals surface area (Å²) in [6.45, 7) is 4.59. The van der Waals surface area contributed by atoms with Gasteiger partial charge in [0, 0.05) is 10.8 Å². The monoisotopic (exact) mass is 349 g/mol. The average Bonchev–Trinajstić information content (AvgIpc) is 3.17. The van der Waals surface area contributed by atoms with Crippen molar-refractivity contribution in [1.82, 2.24) is 9.55 Å². The van der Waals surface area contributed by atoms with Crippen molar-refractivity contribution in [3.8, 4) is 6.07 Å². The molecule has 25 heavy (non-hydrogen) atoms. The lowest BCUT2D eigenvalue weighted by Gasteiger charge is -2.15. The maximum absolute atomic E-state index is 13.3. The maximum atomic E-state index is 13.3. The molecule has 1 aliphatic rings. The Kier molecular flexibility index (Phi) is 3.93. The number of fused-ring (bicyclic) bond motifs is 3. The van der Waals surface area contributed by atoms with E-state index in [2.05, 4.69) is 19.9 Å². The van der Waals surface area contributed by atoms with Gasteiger partial charge in [-0.1, -0.05) is 26.0 Å². The molecular formula is C20H19N3OS. The van der Waals surface area contributed by atoms with E-state index in [0.29, 0.717) is 12.1 Å². The van der Waals surface area contributed by atoms with Crippen molar-refractivity contribution in [1.29, 1.82) is 5.26 Å². The minimum absolute atomic E-state index is 0.0652. The first-order chi connectivity index (χ1) is 12.1. The Hall–Kier alpha value is -2.45. The van der Waals surface area contributed by atoms with Crippen molar-refractivity contribution in [2.45, 2.75) is 45.6 Å². The normalized spacial score (nSPS) is 13.4. The second-order valence-electron chi connectivity index (χ2n) is 6.87. The number of thiophene rings is 1. The van der Waals surface area contributed by atoms with Crippen molar-refractivity contribution in [3.05, 3.63) is 62.0 Å². The Labute approximate surface area is 150 Å². The fourth-order valence-corrected chi connectivity index (χ4v) is 4.87. The van der Waals surface area contributed by atoms with Gasteiger partial charge < -0.3 is 0 Å². The van der Waals surface area contributed by atoms with Gasteiger partial charge in [0.2, 0.25) is 0 Å². The van der Waals surface area contributed by atoms with Crippen LogP contribution in [0.1, 0.15) is 53.6 Å². The molecule has 126 valence electrons. The van der Waals surface area contributed by atoms with Gasteiger partial charge in [0.25, 0.3) is 5.56 Å². The van der Waals surface area contributed by atoms with Gasteiger partial charge in [0.05, 0.1) is 23.6 Å². The highest BCUT2D eigenvalue weighted by Gasteiger charge is 2.23. The Bertz CT molecular complexity index is 1070. The molecule has 3 aromatic rings. The molecule has 2 aromatic heterocycles. The maximum Gasteiger partial charge on any atom is 0.262 e. The van der Waals surface area contributed by atoms with E-state index in [4.69, 9.17) is 10.2 Å². The zero-order valence-corrected chi connectivity index (χ0v) is 15.2. The van der Waals surface area contributed by atoms with E-state index in [1.807, 2.05) is 18.2 Å². The first-order valence-corrected chi connectivity index (χ1v) is 9.44. The zero-order chi connectivity index (χ0) is 17.6. The highest BCUT2D eigenvalue weighted by Crippen LogP contribution is 2.35. The van der Waals surface area contributed by atoms with Crippen LogP contribution in [0, 0.1) is 11.3 Å². The average molecular weight is 349 g/mol. The molecule has 0 bridgehead atoms. The SMILES string of the molecule is CC(C)c1nc2sc3c(c2c(=O)n1Cc1cccc(C#N)c1)CCC3. The second-order valence-corrected chi connectivity index (χ2v) is 7.95. The van der Waals surface area contributed by atoms with Crippen LogP contribution in [-0.2, 0) is 19.4 Å². The molecule has 0 aliphatic heterocycles. The van der Waals surface area contributed by atoms with Crippen LogP contribution in [0.25, 0.3) is 10.2 Å². The summed E-state index contributed by atoms with van der Waals surface area (Å²) in [7, 11) is 0. The van der Waals surface area contributed by atoms with Crippen LogP contribution in [0.5, 0.6) is 0 Å². The van der Waals surface area contributed by atoms with E-state index in [0.717, 1.165) is 40.9 Å². The molecule has 0 N–H and O–H groups in total. The molecule has 0 unspecified atom stereocenters. The minimum Gasteiger partial charge on any atom is -0.291 e. The fraction of sp³-hybridized carbons (Fsp3) is 0.350. The van der Waals surface area contributed by atoms with Crippen LogP contribution >= 0.6 is 11.3 Å². The largest absolute Gasteiger partial charge is 0.291 e. The molecule has 4 nitrogen and oxygen atoms in total. The summed E-state index contributed by atoms with van der Waals surface area (Å²) in [5.74, 6) is 0.980. The standard InChI is InChI=1S/C20H19N3OS/c1-12(2)18-22-19-17(15-7-4-8-16(15)25-19)20(24)23(18)11-14-6-3-5-13(9-14)10-21/h3,5-6,9,12H,4,7-8,11H2,1-2H3. The number of aryl methyl sites for hydroxylation is 2. The molecule has 0 atom stereocenters. The Morgan fingerprint density at radius 2 is 2.20 bits per heavy atom. The number of rotatable bonds is 3.